The lowest BCUT2D eigenvalue weighted by Gasteiger charge is -2.14. The van der Waals surface area contributed by atoms with Crippen LogP contribution in [0.2, 0.25) is 0 Å². The largest absolute Gasteiger partial charge is 0.324 e. The van der Waals surface area contributed by atoms with E-state index < -0.39 is 6.04 Å². The number of benzene rings is 1. The molecule has 0 radical (unpaired) electrons. The van der Waals surface area contributed by atoms with E-state index in [1.807, 2.05) is 13.8 Å². The van der Waals surface area contributed by atoms with E-state index in [9.17, 15) is 9.18 Å². The maximum atomic E-state index is 12.8. The Kier molecular flexibility index (Phi) is 5.08. The number of amides is 1. The van der Waals surface area contributed by atoms with Crippen molar-refractivity contribution in [1.82, 2.24) is 0 Å². The predicted octanol–water partition coefficient (Wildman–Crippen LogP) is 2.90. The van der Waals surface area contributed by atoms with Gasteiger partial charge in [0.2, 0.25) is 5.91 Å². The summed E-state index contributed by atoms with van der Waals surface area (Å²) in [6.07, 6.45) is 0.616. The minimum absolute atomic E-state index is 0.258. The first-order valence-electron chi connectivity index (χ1n) is 5.41. The molecular weight excluding hydrogens is 287 g/mol. The van der Waals surface area contributed by atoms with Crippen LogP contribution in [0.4, 0.5) is 10.1 Å². The predicted molar refractivity (Wildman–Crippen MR) is 70.2 cm³/mol. The van der Waals surface area contributed by atoms with Gasteiger partial charge in [-0.1, -0.05) is 13.8 Å². The number of hydrogen-bond donors (Lipinski definition) is 2. The molecule has 0 aliphatic heterocycles. The van der Waals surface area contributed by atoms with E-state index in [1.54, 1.807) is 0 Å². The van der Waals surface area contributed by atoms with Crippen LogP contribution in [-0.4, -0.2) is 11.9 Å². The molecule has 0 aromatic heterocycles. The summed E-state index contributed by atoms with van der Waals surface area (Å²) in [6, 6.07) is 3.53. The molecule has 3 nitrogen and oxygen atoms in total. The SMILES string of the molecule is CC(C)CC(N)C(=O)Nc1ccc(F)cc1Br. The lowest BCUT2D eigenvalue weighted by atomic mass is 10.0. The van der Waals surface area contributed by atoms with Crippen molar-refractivity contribution in [2.24, 2.45) is 11.7 Å². The van der Waals surface area contributed by atoms with Crippen molar-refractivity contribution < 1.29 is 9.18 Å². The summed E-state index contributed by atoms with van der Waals surface area (Å²) in [7, 11) is 0. The molecule has 1 amide bonds. The Hall–Kier alpha value is -0.940. The molecular formula is C12H16BrFN2O. The topological polar surface area (TPSA) is 55.1 Å². The summed E-state index contributed by atoms with van der Waals surface area (Å²) >= 11 is 3.18. The molecule has 0 saturated carbocycles. The lowest BCUT2D eigenvalue weighted by Crippen LogP contribution is -2.36. The van der Waals surface area contributed by atoms with Gasteiger partial charge < -0.3 is 11.1 Å². The van der Waals surface area contributed by atoms with Gasteiger partial charge in [0.15, 0.2) is 0 Å². The number of hydrogen-bond acceptors (Lipinski definition) is 2. The summed E-state index contributed by atoms with van der Waals surface area (Å²) in [5.74, 6) is -0.264. The number of carbonyl (C=O) groups excluding carboxylic acids is 1. The van der Waals surface area contributed by atoms with Crippen molar-refractivity contribution in [1.29, 1.82) is 0 Å². The highest BCUT2D eigenvalue weighted by Gasteiger charge is 2.16. The molecule has 0 saturated heterocycles. The van der Waals surface area contributed by atoms with E-state index in [0.717, 1.165) is 0 Å². The maximum Gasteiger partial charge on any atom is 0.241 e. The van der Waals surface area contributed by atoms with Gasteiger partial charge in [-0.05, 0) is 46.5 Å². The third-order valence-corrected chi connectivity index (χ3v) is 2.91. The van der Waals surface area contributed by atoms with E-state index in [4.69, 9.17) is 5.73 Å². The Morgan fingerprint density at radius 3 is 2.71 bits per heavy atom. The molecule has 1 aromatic carbocycles. The highest BCUT2D eigenvalue weighted by atomic mass is 79.9. The number of nitrogens with two attached hydrogens (primary N) is 1. The molecule has 1 atom stereocenters. The first-order chi connectivity index (χ1) is 7.90. The van der Waals surface area contributed by atoms with Crippen molar-refractivity contribution in [3.8, 4) is 0 Å². The normalized spacial score (nSPS) is 12.6. The molecule has 0 fully saturated rings. The summed E-state index contributed by atoms with van der Waals surface area (Å²) in [6.45, 7) is 4.00. The Morgan fingerprint density at radius 1 is 1.53 bits per heavy atom. The highest BCUT2D eigenvalue weighted by molar-refractivity contribution is 9.10. The Bertz CT molecular complexity index is 409. The number of anilines is 1. The van der Waals surface area contributed by atoms with E-state index in [2.05, 4.69) is 21.2 Å². The van der Waals surface area contributed by atoms with Crippen LogP contribution in [0.25, 0.3) is 0 Å². The third kappa shape index (κ3) is 4.44. The summed E-state index contributed by atoms with van der Waals surface area (Å²) < 4.78 is 13.4. The molecule has 0 bridgehead atoms. The third-order valence-electron chi connectivity index (χ3n) is 2.25. The second kappa shape index (κ2) is 6.12. The molecule has 1 aromatic rings. The van der Waals surface area contributed by atoms with Crippen LogP contribution in [0.15, 0.2) is 22.7 Å². The van der Waals surface area contributed by atoms with Crippen LogP contribution in [0.5, 0.6) is 0 Å². The zero-order valence-corrected chi connectivity index (χ0v) is 11.4. The molecule has 0 aliphatic carbocycles. The van der Waals surface area contributed by atoms with Crippen LogP contribution < -0.4 is 11.1 Å². The Labute approximate surface area is 109 Å². The van der Waals surface area contributed by atoms with Gasteiger partial charge in [-0.2, -0.15) is 0 Å². The fourth-order valence-corrected chi connectivity index (χ4v) is 1.88. The first kappa shape index (κ1) is 14.1. The average molecular weight is 303 g/mol. The van der Waals surface area contributed by atoms with Crippen LogP contribution in [0, 0.1) is 11.7 Å². The van der Waals surface area contributed by atoms with E-state index in [-0.39, 0.29) is 11.7 Å². The van der Waals surface area contributed by atoms with E-state index in [1.165, 1.54) is 18.2 Å². The van der Waals surface area contributed by atoms with Gasteiger partial charge in [0.05, 0.1) is 11.7 Å². The standard InChI is InChI=1S/C12H16BrFN2O/c1-7(2)5-10(15)12(17)16-11-4-3-8(14)6-9(11)13/h3-4,6-7,10H,5,15H2,1-2H3,(H,16,17). The molecule has 0 aliphatic rings. The number of nitrogens with one attached hydrogen (secondary N) is 1. The number of carbonyl (C=O) groups is 1. The van der Waals surface area contributed by atoms with Crippen LogP contribution in [0.3, 0.4) is 0 Å². The van der Waals surface area contributed by atoms with Gasteiger partial charge in [0, 0.05) is 4.47 Å². The van der Waals surface area contributed by atoms with Crippen LogP contribution >= 0.6 is 15.9 Å². The minimum atomic E-state index is -0.549. The van der Waals surface area contributed by atoms with Crippen molar-refractivity contribution in [2.45, 2.75) is 26.3 Å². The monoisotopic (exact) mass is 302 g/mol. The molecule has 3 N–H and O–H groups in total. The van der Waals surface area contributed by atoms with Gasteiger partial charge in [0.1, 0.15) is 5.82 Å². The lowest BCUT2D eigenvalue weighted by molar-refractivity contribution is -0.117. The quantitative estimate of drug-likeness (QED) is 0.898. The fraction of sp³-hybridized carbons (Fsp3) is 0.417. The zero-order valence-electron chi connectivity index (χ0n) is 9.84. The first-order valence-corrected chi connectivity index (χ1v) is 6.21. The van der Waals surface area contributed by atoms with Gasteiger partial charge >= 0.3 is 0 Å². The molecule has 0 spiro atoms. The molecule has 17 heavy (non-hydrogen) atoms. The summed E-state index contributed by atoms with van der Waals surface area (Å²) in [5.41, 5.74) is 6.27. The van der Waals surface area contributed by atoms with Crippen LogP contribution in [-0.2, 0) is 4.79 Å². The van der Waals surface area contributed by atoms with E-state index >= 15 is 0 Å². The molecule has 5 heteroatoms. The van der Waals surface area contributed by atoms with Gasteiger partial charge in [-0.15, -0.1) is 0 Å². The van der Waals surface area contributed by atoms with Gasteiger partial charge in [-0.25, -0.2) is 4.39 Å². The van der Waals surface area contributed by atoms with Crippen molar-refractivity contribution in [3.05, 3.63) is 28.5 Å². The summed E-state index contributed by atoms with van der Waals surface area (Å²) in [5, 5.41) is 2.67. The molecule has 94 valence electrons. The fourth-order valence-electron chi connectivity index (χ4n) is 1.43. The second-order valence-electron chi connectivity index (χ2n) is 4.35. The zero-order chi connectivity index (χ0) is 13.0. The van der Waals surface area contributed by atoms with Crippen molar-refractivity contribution >= 4 is 27.5 Å². The maximum absolute atomic E-state index is 12.8. The van der Waals surface area contributed by atoms with Crippen molar-refractivity contribution in [2.75, 3.05) is 5.32 Å². The minimum Gasteiger partial charge on any atom is -0.324 e. The number of rotatable bonds is 4. The molecule has 1 rings (SSSR count). The molecule has 0 heterocycles. The van der Waals surface area contributed by atoms with Gasteiger partial charge in [0.25, 0.3) is 0 Å². The second-order valence-corrected chi connectivity index (χ2v) is 5.20. The summed E-state index contributed by atoms with van der Waals surface area (Å²) in [4.78, 5) is 11.7. The number of halogens is 2. The van der Waals surface area contributed by atoms with Crippen molar-refractivity contribution in [3.63, 3.8) is 0 Å². The van der Waals surface area contributed by atoms with E-state index in [0.29, 0.717) is 22.5 Å². The highest BCUT2D eigenvalue weighted by Crippen LogP contribution is 2.23. The Balaban J connectivity index is 2.67. The smallest absolute Gasteiger partial charge is 0.241 e. The van der Waals surface area contributed by atoms with Gasteiger partial charge in [-0.3, -0.25) is 4.79 Å². The molecule has 1 unspecified atom stereocenters. The Morgan fingerprint density at radius 2 is 2.18 bits per heavy atom. The van der Waals surface area contributed by atoms with Crippen LogP contribution in [0.1, 0.15) is 20.3 Å². The average Bonchev–Trinajstić information content (AvgIpc) is 2.21.